The molecule has 1 atom stereocenters. The maximum Gasteiger partial charge on any atom is 0.373 e. The van der Waals surface area contributed by atoms with Crippen LogP contribution in [0.3, 0.4) is 0 Å². The quantitative estimate of drug-likeness (QED) is 0.809. The molecule has 1 aliphatic rings. The van der Waals surface area contributed by atoms with E-state index >= 15 is 0 Å². The second kappa shape index (κ2) is 6.22. The van der Waals surface area contributed by atoms with Crippen molar-refractivity contribution in [1.29, 1.82) is 0 Å². The summed E-state index contributed by atoms with van der Waals surface area (Å²) in [5.41, 5.74) is 1.25. The first-order valence-electron chi connectivity index (χ1n) is 7.42. The molecule has 3 rings (SSSR count). The van der Waals surface area contributed by atoms with E-state index in [1.165, 1.54) is 17.7 Å². The van der Waals surface area contributed by atoms with Crippen LogP contribution < -0.4 is 0 Å². The third-order valence-electron chi connectivity index (χ3n) is 4.01. The van der Waals surface area contributed by atoms with Gasteiger partial charge in [-0.1, -0.05) is 0 Å². The van der Waals surface area contributed by atoms with E-state index < -0.39 is 5.97 Å². The standard InChI is InChI=1S/C16H20N2O3S/c1-10-17-12-5-4-6-13(15(12)22-10)18(2)9-11-7-8-14(21-11)16(19)20-3/h7-8,13H,4-6,9H2,1-3H3. The molecule has 1 unspecified atom stereocenters. The Labute approximate surface area is 133 Å². The Balaban J connectivity index is 1.73. The van der Waals surface area contributed by atoms with Gasteiger partial charge in [0.1, 0.15) is 5.76 Å². The van der Waals surface area contributed by atoms with Crippen molar-refractivity contribution in [2.45, 2.75) is 38.8 Å². The first-order valence-corrected chi connectivity index (χ1v) is 8.23. The van der Waals surface area contributed by atoms with E-state index in [1.807, 2.05) is 6.07 Å². The summed E-state index contributed by atoms with van der Waals surface area (Å²) in [5.74, 6) is 0.590. The molecule has 2 aromatic heterocycles. The largest absolute Gasteiger partial charge is 0.463 e. The summed E-state index contributed by atoms with van der Waals surface area (Å²) in [4.78, 5) is 19.7. The van der Waals surface area contributed by atoms with E-state index in [0.717, 1.165) is 30.0 Å². The molecule has 0 N–H and O–H groups in total. The van der Waals surface area contributed by atoms with Crippen molar-refractivity contribution >= 4 is 17.3 Å². The molecule has 2 aromatic rings. The molecule has 118 valence electrons. The van der Waals surface area contributed by atoms with Gasteiger partial charge < -0.3 is 9.15 Å². The van der Waals surface area contributed by atoms with Crippen molar-refractivity contribution in [3.05, 3.63) is 39.2 Å². The Kier molecular flexibility index (Phi) is 4.31. The molecular weight excluding hydrogens is 300 g/mol. The molecule has 0 radical (unpaired) electrons. The number of fused-ring (bicyclic) bond motifs is 1. The predicted molar refractivity (Wildman–Crippen MR) is 84.0 cm³/mol. The fourth-order valence-electron chi connectivity index (χ4n) is 2.97. The molecule has 0 amide bonds. The molecule has 0 fully saturated rings. The number of aromatic nitrogens is 1. The number of furan rings is 1. The molecule has 22 heavy (non-hydrogen) atoms. The minimum Gasteiger partial charge on any atom is -0.463 e. The molecular formula is C16H20N2O3S. The van der Waals surface area contributed by atoms with E-state index in [-0.39, 0.29) is 5.76 Å². The van der Waals surface area contributed by atoms with Crippen molar-refractivity contribution in [2.24, 2.45) is 0 Å². The van der Waals surface area contributed by atoms with Crippen LogP contribution in [0, 0.1) is 6.92 Å². The van der Waals surface area contributed by atoms with Crippen LogP contribution in [0.2, 0.25) is 0 Å². The van der Waals surface area contributed by atoms with Crippen LogP contribution >= 0.6 is 11.3 Å². The number of rotatable bonds is 4. The summed E-state index contributed by atoms with van der Waals surface area (Å²) in [7, 11) is 3.45. The van der Waals surface area contributed by atoms with E-state index in [0.29, 0.717) is 12.6 Å². The monoisotopic (exact) mass is 320 g/mol. The lowest BCUT2D eigenvalue weighted by molar-refractivity contribution is 0.0560. The third kappa shape index (κ3) is 2.94. The van der Waals surface area contributed by atoms with Gasteiger partial charge in [0, 0.05) is 10.9 Å². The van der Waals surface area contributed by atoms with Gasteiger partial charge in [0.15, 0.2) is 0 Å². The Bertz CT molecular complexity index is 677. The first-order chi connectivity index (χ1) is 10.6. The molecule has 6 heteroatoms. The molecule has 0 spiro atoms. The molecule has 0 saturated carbocycles. The SMILES string of the molecule is COC(=O)c1ccc(CN(C)C2CCCc3nc(C)sc32)o1. The topological polar surface area (TPSA) is 55.6 Å². The van der Waals surface area contributed by atoms with Crippen LogP contribution in [0.4, 0.5) is 0 Å². The average Bonchev–Trinajstić information content (AvgIpc) is 3.11. The molecule has 2 heterocycles. The van der Waals surface area contributed by atoms with Gasteiger partial charge >= 0.3 is 5.97 Å². The fraction of sp³-hybridized carbons (Fsp3) is 0.500. The highest BCUT2D eigenvalue weighted by atomic mass is 32.1. The number of hydrogen-bond acceptors (Lipinski definition) is 6. The lowest BCUT2D eigenvalue weighted by atomic mass is 9.97. The second-order valence-electron chi connectivity index (χ2n) is 5.62. The number of methoxy groups -OCH3 is 1. The van der Waals surface area contributed by atoms with Gasteiger partial charge in [-0.25, -0.2) is 9.78 Å². The van der Waals surface area contributed by atoms with Crippen LogP contribution in [0.15, 0.2) is 16.5 Å². The number of hydrogen-bond donors (Lipinski definition) is 0. The summed E-state index contributed by atoms with van der Waals surface area (Å²) < 4.78 is 10.2. The van der Waals surface area contributed by atoms with Crippen molar-refractivity contribution < 1.29 is 13.9 Å². The van der Waals surface area contributed by atoms with Gasteiger partial charge in [-0.15, -0.1) is 11.3 Å². The second-order valence-corrected chi connectivity index (χ2v) is 6.86. The van der Waals surface area contributed by atoms with Gasteiger partial charge in [0.2, 0.25) is 5.76 Å². The normalized spacial score (nSPS) is 17.5. The van der Waals surface area contributed by atoms with Crippen molar-refractivity contribution in [3.8, 4) is 0 Å². The smallest absolute Gasteiger partial charge is 0.373 e. The zero-order valence-electron chi connectivity index (χ0n) is 13.1. The lowest BCUT2D eigenvalue weighted by Gasteiger charge is -2.29. The first kappa shape index (κ1) is 15.2. The molecule has 1 aliphatic carbocycles. The maximum absolute atomic E-state index is 11.4. The van der Waals surface area contributed by atoms with Gasteiger partial charge in [0.25, 0.3) is 0 Å². The molecule has 5 nitrogen and oxygen atoms in total. The molecule has 0 bridgehead atoms. The van der Waals surface area contributed by atoms with Crippen LogP contribution in [0.25, 0.3) is 0 Å². The molecule has 0 aliphatic heterocycles. The number of thiazole rings is 1. The van der Waals surface area contributed by atoms with E-state index in [2.05, 4.69) is 28.6 Å². The maximum atomic E-state index is 11.4. The summed E-state index contributed by atoms with van der Waals surface area (Å²) in [6.07, 6.45) is 3.38. The highest BCUT2D eigenvalue weighted by Crippen LogP contribution is 2.37. The number of esters is 1. The Morgan fingerprint density at radius 1 is 1.55 bits per heavy atom. The van der Waals surface area contributed by atoms with Crippen LogP contribution in [0.1, 0.15) is 50.8 Å². The highest BCUT2D eigenvalue weighted by molar-refractivity contribution is 7.11. The predicted octanol–water partition coefficient (Wildman–Crippen LogP) is 3.34. The minimum atomic E-state index is -0.438. The van der Waals surface area contributed by atoms with Crippen molar-refractivity contribution in [2.75, 3.05) is 14.2 Å². The zero-order valence-corrected chi connectivity index (χ0v) is 13.9. The lowest BCUT2D eigenvalue weighted by Crippen LogP contribution is -2.26. The van der Waals surface area contributed by atoms with Crippen LogP contribution in [0.5, 0.6) is 0 Å². The summed E-state index contributed by atoms with van der Waals surface area (Å²) in [6, 6.07) is 3.88. The van der Waals surface area contributed by atoms with Crippen molar-refractivity contribution in [1.82, 2.24) is 9.88 Å². The highest BCUT2D eigenvalue weighted by Gasteiger charge is 2.27. The van der Waals surface area contributed by atoms with E-state index in [9.17, 15) is 4.79 Å². The van der Waals surface area contributed by atoms with Gasteiger partial charge in [-0.3, -0.25) is 4.90 Å². The molecule has 0 saturated heterocycles. The summed E-state index contributed by atoms with van der Waals surface area (Å²) in [6.45, 7) is 2.73. The van der Waals surface area contributed by atoms with Crippen LogP contribution in [-0.2, 0) is 17.7 Å². The Morgan fingerprint density at radius 2 is 2.36 bits per heavy atom. The van der Waals surface area contributed by atoms with Gasteiger partial charge in [-0.2, -0.15) is 0 Å². The number of ether oxygens (including phenoxy) is 1. The van der Waals surface area contributed by atoms with E-state index in [1.54, 1.807) is 17.4 Å². The number of carbonyl (C=O) groups excluding carboxylic acids is 1. The average molecular weight is 320 g/mol. The zero-order chi connectivity index (χ0) is 15.7. The van der Waals surface area contributed by atoms with Crippen molar-refractivity contribution in [3.63, 3.8) is 0 Å². The number of aryl methyl sites for hydroxylation is 2. The van der Waals surface area contributed by atoms with Gasteiger partial charge in [0.05, 0.1) is 24.4 Å². The van der Waals surface area contributed by atoms with E-state index in [4.69, 9.17) is 4.42 Å². The third-order valence-corrected chi connectivity index (χ3v) is 5.13. The minimum absolute atomic E-state index is 0.254. The number of carbonyl (C=O) groups is 1. The van der Waals surface area contributed by atoms with Gasteiger partial charge in [-0.05, 0) is 45.4 Å². The summed E-state index contributed by atoms with van der Waals surface area (Å²) in [5, 5.41) is 1.14. The van der Waals surface area contributed by atoms with Crippen LogP contribution in [-0.4, -0.2) is 30.0 Å². The number of nitrogens with zero attached hydrogens (tertiary/aromatic N) is 2. The molecule has 0 aromatic carbocycles. The Morgan fingerprint density at radius 3 is 3.14 bits per heavy atom. The Hall–Kier alpha value is -1.66. The summed E-state index contributed by atoms with van der Waals surface area (Å²) >= 11 is 1.79. The fourth-order valence-corrected chi connectivity index (χ4v) is 4.14.